The molecule has 140 valence electrons. The lowest BCUT2D eigenvalue weighted by molar-refractivity contribution is 0.475. The van der Waals surface area contributed by atoms with Crippen LogP contribution < -0.4 is 4.90 Å². The first kappa shape index (κ1) is 18.3. The quantitative estimate of drug-likeness (QED) is 0.646. The third kappa shape index (κ3) is 3.54. The molecule has 0 saturated carbocycles. The van der Waals surface area contributed by atoms with Crippen molar-refractivity contribution in [3.63, 3.8) is 0 Å². The van der Waals surface area contributed by atoms with Gasteiger partial charge in [0.05, 0.1) is 17.4 Å². The number of phenols is 1. The third-order valence-corrected chi connectivity index (χ3v) is 5.32. The summed E-state index contributed by atoms with van der Waals surface area (Å²) >= 11 is 6.32. The zero-order chi connectivity index (χ0) is 19.7. The fourth-order valence-electron chi connectivity index (χ4n) is 3.52. The molecule has 0 radical (unpaired) electrons. The van der Waals surface area contributed by atoms with Crippen LogP contribution >= 0.6 is 11.6 Å². The van der Waals surface area contributed by atoms with E-state index in [2.05, 4.69) is 23.6 Å². The number of fused-ring (bicyclic) bond motifs is 1. The minimum atomic E-state index is -0.109. The fourth-order valence-corrected chi connectivity index (χ4v) is 3.69. The Balaban J connectivity index is 1.87. The molecule has 0 aromatic heterocycles. The predicted molar refractivity (Wildman–Crippen MR) is 117 cm³/mol. The van der Waals surface area contributed by atoms with E-state index in [-0.39, 0.29) is 11.8 Å². The van der Waals surface area contributed by atoms with E-state index in [4.69, 9.17) is 16.6 Å². The average Bonchev–Trinajstić information content (AvgIpc) is 2.80. The molecule has 1 aliphatic rings. The summed E-state index contributed by atoms with van der Waals surface area (Å²) in [5.41, 5.74) is 5.89. The average molecular weight is 389 g/mol. The molecule has 4 rings (SSSR count). The van der Waals surface area contributed by atoms with Gasteiger partial charge in [0.15, 0.2) is 0 Å². The number of hydrogen-bond acceptors (Lipinski definition) is 3. The molecule has 0 fully saturated rings. The van der Waals surface area contributed by atoms with E-state index in [9.17, 15) is 5.11 Å². The summed E-state index contributed by atoms with van der Waals surface area (Å²) in [5.74, 6) is 0.228. The number of aliphatic imine (C=N–C) groups is 1. The molecule has 0 bridgehead atoms. The van der Waals surface area contributed by atoms with Crippen LogP contribution in [0.1, 0.15) is 16.7 Å². The van der Waals surface area contributed by atoms with Crippen LogP contribution in [0.15, 0.2) is 90.1 Å². The summed E-state index contributed by atoms with van der Waals surface area (Å²) in [5, 5.41) is 10.4. The third-order valence-electron chi connectivity index (χ3n) is 5.09. The van der Waals surface area contributed by atoms with Gasteiger partial charge in [0.2, 0.25) is 0 Å². The molecular formula is C24H21ClN2O. The van der Waals surface area contributed by atoms with E-state index in [0.717, 1.165) is 34.6 Å². The van der Waals surface area contributed by atoms with Crippen LogP contribution in [-0.4, -0.2) is 23.9 Å². The SMILES string of the molecule is C=C1C(Cc2ccccc2)N=C(c2ccc(O)cc2)c2cc(Cl)ccc2N1C. The van der Waals surface area contributed by atoms with E-state index in [1.54, 1.807) is 12.1 Å². The minimum absolute atomic E-state index is 0.109. The second kappa shape index (κ2) is 7.53. The van der Waals surface area contributed by atoms with Gasteiger partial charge >= 0.3 is 0 Å². The van der Waals surface area contributed by atoms with Crippen molar-refractivity contribution in [3.05, 3.63) is 107 Å². The largest absolute Gasteiger partial charge is 0.508 e. The Morgan fingerprint density at radius 1 is 1.04 bits per heavy atom. The van der Waals surface area contributed by atoms with Gasteiger partial charge in [-0.1, -0.05) is 48.5 Å². The van der Waals surface area contributed by atoms with Gasteiger partial charge in [-0.05, 0) is 48.0 Å². The number of rotatable bonds is 3. The molecule has 1 heterocycles. The normalized spacial score (nSPS) is 16.4. The van der Waals surface area contributed by atoms with Gasteiger partial charge in [0.25, 0.3) is 0 Å². The molecule has 4 heteroatoms. The Bertz CT molecular complexity index is 1040. The van der Waals surface area contributed by atoms with Crippen LogP contribution in [0.2, 0.25) is 5.02 Å². The number of nitrogens with zero attached hydrogens (tertiary/aromatic N) is 2. The van der Waals surface area contributed by atoms with Crippen molar-refractivity contribution in [2.24, 2.45) is 4.99 Å². The molecule has 0 aliphatic carbocycles. The lowest BCUT2D eigenvalue weighted by atomic mass is 10.00. The maximum atomic E-state index is 9.70. The standard InChI is InChI=1S/C24H21ClN2O/c1-16-22(14-17-6-4-3-5-7-17)26-24(18-8-11-20(28)12-9-18)21-15-19(25)10-13-23(21)27(16)2/h3-13,15,22,28H,1,14H2,2H3. The molecule has 1 atom stereocenters. The Morgan fingerprint density at radius 3 is 2.46 bits per heavy atom. The molecule has 3 aromatic carbocycles. The van der Waals surface area contributed by atoms with Crippen molar-refractivity contribution in [1.29, 1.82) is 0 Å². The second-order valence-corrected chi connectivity index (χ2v) is 7.38. The van der Waals surface area contributed by atoms with E-state index in [1.807, 2.05) is 55.6 Å². The number of hydrogen-bond donors (Lipinski definition) is 1. The first-order valence-corrected chi connectivity index (χ1v) is 9.54. The Labute approximate surface area is 170 Å². The summed E-state index contributed by atoms with van der Waals surface area (Å²) in [6.07, 6.45) is 0.757. The number of anilines is 1. The van der Waals surface area contributed by atoms with E-state index in [1.165, 1.54) is 5.56 Å². The van der Waals surface area contributed by atoms with Gasteiger partial charge < -0.3 is 10.0 Å². The highest BCUT2D eigenvalue weighted by atomic mass is 35.5. The lowest BCUT2D eigenvalue weighted by Gasteiger charge is -2.25. The topological polar surface area (TPSA) is 35.8 Å². The van der Waals surface area contributed by atoms with Crippen LogP contribution in [0, 0.1) is 0 Å². The zero-order valence-corrected chi connectivity index (χ0v) is 16.4. The molecule has 1 aliphatic heterocycles. The second-order valence-electron chi connectivity index (χ2n) is 6.94. The van der Waals surface area contributed by atoms with Gasteiger partial charge in [-0.25, -0.2) is 0 Å². The highest BCUT2D eigenvalue weighted by molar-refractivity contribution is 6.31. The van der Waals surface area contributed by atoms with Crippen LogP contribution in [0.4, 0.5) is 5.69 Å². The molecule has 0 amide bonds. The van der Waals surface area contributed by atoms with Gasteiger partial charge in [-0.15, -0.1) is 0 Å². The molecule has 3 nitrogen and oxygen atoms in total. The van der Waals surface area contributed by atoms with Crippen LogP contribution in [0.5, 0.6) is 5.75 Å². The summed E-state index contributed by atoms with van der Waals surface area (Å²) in [7, 11) is 2.02. The molecule has 0 saturated heterocycles. The van der Waals surface area contributed by atoms with Crippen molar-refractivity contribution < 1.29 is 5.11 Å². The number of halogens is 1. The Morgan fingerprint density at radius 2 is 1.75 bits per heavy atom. The van der Waals surface area contributed by atoms with Gasteiger partial charge in [-0.2, -0.15) is 0 Å². The van der Waals surface area contributed by atoms with Gasteiger partial charge in [-0.3, -0.25) is 4.99 Å². The van der Waals surface area contributed by atoms with Gasteiger partial charge in [0, 0.05) is 35.3 Å². The number of aromatic hydroxyl groups is 1. The number of benzene rings is 3. The van der Waals surface area contributed by atoms with Crippen molar-refractivity contribution in [3.8, 4) is 5.75 Å². The number of phenolic OH excluding ortho intramolecular Hbond substituents is 1. The fraction of sp³-hybridized carbons (Fsp3) is 0.125. The molecule has 28 heavy (non-hydrogen) atoms. The lowest BCUT2D eigenvalue weighted by Crippen LogP contribution is -2.25. The maximum absolute atomic E-state index is 9.70. The first-order chi connectivity index (χ1) is 13.5. The molecule has 1 unspecified atom stereocenters. The Hall–Kier alpha value is -3.04. The van der Waals surface area contributed by atoms with Crippen LogP contribution in [-0.2, 0) is 6.42 Å². The predicted octanol–water partition coefficient (Wildman–Crippen LogP) is 5.46. The van der Waals surface area contributed by atoms with Crippen molar-refractivity contribution >= 4 is 23.0 Å². The summed E-state index contributed by atoms with van der Waals surface area (Å²) < 4.78 is 0. The smallest absolute Gasteiger partial charge is 0.115 e. The molecular weight excluding hydrogens is 368 g/mol. The number of benzodiazepines with no additional fused rings is 1. The zero-order valence-electron chi connectivity index (χ0n) is 15.6. The molecule has 1 N–H and O–H groups in total. The summed E-state index contributed by atoms with van der Waals surface area (Å²) in [6.45, 7) is 4.34. The first-order valence-electron chi connectivity index (χ1n) is 9.16. The van der Waals surface area contributed by atoms with E-state index in [0.29, 0.717) is 5.02 Å². The Kier molecular flexibility index (Phi) is 4.93. The van der Waals surface area contributed by atoms with Crippen molar-refractivity contribution in [1.82, 2.24) is 0 Å². The monoisotopic (exact) mass is 388 g/mol. The van der Waals surface area contributed by atoms with Crippen LogP contribution in [0.25, 0.3) is 0 Å². The highest BCUT2D eigenvalue weighted by Gasteiger charge is 2.26. The molecule has 0 spiro atoms. The van der Waals surface area contributed by atoms with Gasteiger partial charge in [0.1, 0.15) is 5.75 Å². The molecule has 3 aromatic rings. The van der Waals surface area contributed by atoms with Crippen molar-refractivity contribution in [2.75, 3.05) is 11.9 Å². The summed E-state index contributed by atoms with van der Waals surface area (Å²) in [4.78, 5) is 7.21. The van der Waals surface area contributed by atoms with Crippen molar-refractivity contribution in [2.45, 2.75) is 12.5 Å². The summed E-state index contributed by atoms with van der Waals surface area (Å²) in [6, 6.07) is 23.2. The van der Waals surface area contributed by atoms with E-state index < -0.39 is 0 Å². The maximum Gasteiger partial charge on any atom is 0.115 e. The highest BCUT2D eigenvalue weighted by Crippen LogP contribution is 2.34. The number of likely N-dealkylation sites (N-methyl/N-ethyl adjacent to an activating group) is 1. The minimum Gasteiger partial charge on any atom is -0.508 e. The van der Waals surface area contributed by atoms with E-state index >= 15 is 0 Å². The van der Waals surface area contributed by atoms with Crippen LogP contribution in [0.3, 0.4) is 0 Å².